The van der Waals surface area contributed by atoms with Gasteiger partial charge < -0.3 is 9.84 Å². The van der Waals surface area contributed by atoms with Crippen molar-refractivity contribution in [2.24, 2.45) is 0 Å². The molecule has 0 amide bonds. The van der Waals surface area contributed by atoms with Crippen LogP contribution in [0.2, 0.25) is 0 Å². The lowest BCUT2D eigenvalue weighted by Crippen LogP contribution is -2.12. The van der Waals surface area contributed by atoms with Crippen LogP contribution in [0, 0.1) is 0 Å². The lowest BCUT2D eigenvalue weighted by molar-refractivity contribution is -0.160. The van der Waals surface area contributed by atoms with Gasteiger partial charge in [-0.25, -0.2) is 0 Å². The number of aliphatic hydroxyl groups excluding tert-OH is 1. The molecular weight excluding hydrogens is 148 g/mol. The molecule has 0 aliphatic carbocycles. The third-order valence-corrected chi connectivity index (χ3v) is 0.998. The van der Waals surface area contributed by atoms with Crippen LogP contribution in [-0.2, 0) is 14.3 Å². The fraction of sp³-hybridized carbons (Fsp3) is 0.714. The van der Waals surface area contributed by atoms with Gasteiger partial charge in [-0.1, -0.05) is 6.92 Å². The maximum atomic E-state index is 10.6. The van der Waals surface area contributed by atoms with Crippen molar-refractivity contribution in [3.8, 4) is 0 Å². The molecule has 0 unspecified atom stereocenters. The Morgan fingerprint density at radius 3 is 2.27 bits per heavy atom. The Bertz CT molecular complexity index is 125. The fourth-order valence-electron chi connectivity index (χ4n) is 0.524. The zero-order chi connectivity index (χ0) is 8.69. The van der Waals surface area contributed by atoms with E-state index in [1.807, 2.05) is 6.92 Å². The maximum Gasteiger partial charge on any atom is 0.315 e. The van der Waals surface area contributed by atoms with Gasteiger partial charge in [-0.15, -0.1) is 0 Å². The molecule has 0 aliphatic rings. The van der Waals surface area contributed by atoms with Gasteiger partial charge >= 0.3 is 11.9 Å². The van der Waals surface area contributed by atoms with E-state index < -0.39 is 11.9 Å². The molecule has 0 aromatic carbocycles. The van der Waals surface area contributed by atoms with Crippen LogP contribution in [0.15, 0.2) is 0 Å². The fourth-order valence-corrected chi connectivity index (χ4v) is 0.524. The first-order chi connectivity index (χ1) is 5.20. The van der Waals surface area contributed by atoms with E-state index in [1.165, 1.54) is 0 Å². The quantitative estimate of drug-likeness (QED) is 0.472. The second kappa shape index (κ2) is 5.85. The standard InChI is InChI=1S/C7H12O4/c1-2-3-6(9)11-7(10)4-5-8/h8H,2-5H2,1H3. The minimum absolute atomic E-state index is 0.116. The number of rotatable bonds is 4. The molecule has 0 heterocycles. The predicted molar refractivity (Wildman–Crippen MR) is 37.7 cm³/mol. The number of aliphatic hydroxyl groups is 1. The summed E-state index contributed by atoms with van der Waals surface area (Å²) < 4.78 is 4.29. The number of hydrogen-bond donors (Lipinski definition) is 1. The summed E-state index contributed by atoms with van der Waals surface area (Å²) in [6.45, 7) is 1.54. The Kier molecular flexibility index (Phi) is 5.37. The Morgan fingerprint density at radius 1 is 1.27 bits per heavy atom. The summed E-state index contributed by atoms with van der Waals surface area (Å²) in [7, 11) is 0. The minimum atomic E-state index is -0.661. The highest BCUT2D eigenvalue weighted by Crippen LogP contribution is 1.93. The van der Waals surface area contributed by atoms with Crippen LogP contribution in [-0.4, -0.2) is 23.7 Å². The van der Waals surface area contributed by atoms with Gasteiger partial charge in [0.1, 0.15) is 0 Å². The van der Waals surface area contributed by atoms with Crippen LogP contribution < -0.4 is 0 Å². The SMILES string of the molecule is CCCC(=O)OC(=O)CCO. The topological polar surface area (TPSA) is 63.6 Å². The van der Waals surface area contributed by atoms with Crippen LogP contribution >= 0.6 is 0 Å². The van der Waals surface area contributed by atoms with E-state index in [-0.39, 0.29) is 19.4 Å². The predicted octanol–water partition coefficient (Wildman–Crippen LogP) is 0.239. The van der Waals surface area contributed by atoms with Crippen molar-refractivity contribution in [3.63, 3.8) is 0 Å². The maximum absolute atomic E-state index is 10.6. The zero-order valence-electron chi connectivity index (χ0n) is 6.50. The van der Waals surface area contributed by atoms with Crippen LogP contribution in [0.4, 0.5) is 0 Å². The van der Waals surface area contributed by atoms with E-state index in [0.717, 1.165) is 0 Å². The van der Waals surface area contributed by atoms with E-state index in [0.29, 0.717) is 6.42 Å². The third-order valence-electron chi connectivity index (χ3n) is 0.998. The number of carbonyl (C=O) groups is 2. The zero-order valence-corrected chi connectivity index (χ0v) is 6.50. The van der Waals surface area contributed by atoms with Gasteiger partial charge in [-0.05, 0) is 6.42 Å². The summed E-state index contributed by atoms with van der Waals surface area (Å²) in [5, 5.41) is 8.27. The molecule has 1 N–H and O–H groups in total. The summed E-state index contributed by atoms with van der Waals surface area (Å²) >= 11 is 0. The molecular formula is C7H12O4. The van der Waals surface area contributed by atoms with E-state index in [2.05, 4.69) is 4.74 Å². The van der Waals surface area contributed by atoms with Gasteiger partial charge in [0, 0.05) is 6.42 Å². The lowest BCUT2D eigenvalue weighted by Gasteiger charge is -1.98. The molecule has 0 saturated heterocycles. The molecule has 0 saturated carbocycles. The summed E-state index contributed by atoms with van der Waals surface area (Å²) in [5.41, 5.74) is 0. The van der Waals surface area contributed by atoms with Gasteiger partial charge in [0.05, 0.1) is 13.0 Å². The monoisotopic (exact) mass is 160 g/mol. The second-order valence-electron chi connectivity index (χ2n) is 2.07. The summed E-state index contributed by atoms with van der Waals surface area (Å²) in [6, 6.07) is 0. The summed E-state index contributed by atoms with van der Waals surface area (Å²) in [6.07, 6.45) is 0.790. The average molecular weight is 160 g/mol. The third kappa shape index (κ3) is 5.54. The van der Waals surface area contributed by atoms with Crippen molar-refractivity contribution in [1.29, 1.82) is 0 Å². The highest BCUT2D eigenvalue weighted by atomic mass is 16.6. The number of esters is 2. The summed E-state index contributed by atoms with van der Waals surface area (Å²) in [4.78, 5) is 21.1. The van der Waals surface area contributed by atoms with Crippen LogP contribution in [0.5, 0.6) is 0 Å². The molecule has 0 spiro atoms. The van der Waals surface area contributed by atoms with Gasteiger partial charge in [0.2, 0.25) is 0 Å². The normalized spacial score (nSPS) is 9.27. The number of hydrogen-bond acceptors (Lipinski definition) is 4. The number of ether oxygens (including phenoxy) is 1. The highest BCUT2D eigenvalue weighted by molar-refractivity contribution is 5.85. The lowest BCUT2D eigenvalue weighted by atomic mass is 10.3. The van der Waals surface area contributed by atoms with Gasteiger partial charge in [0.25, 0.3) is 0 Å². The first kappa shape index (κ1) is 10.1. The van der Waals surface area contributed by atoms with Crippen molar-refractivity contribution in [2.45, 2.75) is 26.2 Å². The first-order valence-corrected chi connectivity index (χ1v) is 3.55. The van der Waals surface area contributed by atoms with Crippen molar-refractivity contribution < 1.29 is 19.4 Å². The Morgan fingerprint density at radius 2 is 1.82 bits per heavy atom. The van der Waals surface area contributed by atoms with Crippen molar-refractivity contribution in [1.82, 2.24) is 0 Å². The Hall–Kier alpha value is -0.900. The van der Waals surface area contributed by atoms with Gasteiger partial charge in [-0.3, -0.25) is 9.59 Å². The largest absolute Gasteiger partial charge is 0.396 e. The van der Waals surface area contributed by atoms with Crippen molar-refractivity contribution in [2.75, 3.05) is 6.61 Å². The van der Waals surface area contributed by atoms with Crippen LogP contribution in [0.1, 0.15) is 26.2 Å². The Labute approximate surface area is 65.2 Å². The van der Waals surface area contributed by atoms with E-state index >= 15 is 0 Å². The molecule has 0 radical (unpaired) electrons. The average Bonchev–Trinajstić information content (AvgIpc) is 1.87. The van der Waals surface area contributed by atoms with Crippen molar-refractivity contribution >= 4 is 11.9 Å². The minimum Gasteiger partial charge on any atom is -0.396 e. The van der Waals surface area contributed by atoms with E-state index in [4.69, 9.17) is 5.11 Å². The second-order valence-corrected chi connectivity index (χ2v) is 2.07. The molecule has 0 aromatic rings. The van der Waals surface area contributed by atoms with Crippen LogP contribution in [0.3, 0.4) is 0 Å². The van der Waals surface area contributed by atoms with E-state index in [1.54, 1.807) is 0 Å². The van der Waals surface area contributed by atoms with Crippen LogP contribution in [0.25, 0.3) is 0 Å². The van der Waals surface area contributed by atoms with Gasteiger partial charge in [-0.2, -0.15) is 0 Å². The van der Waals surface area contributed by atoms with E-state index in [9.17, 15) is 9.59 Å². The molecule has 11 heavy (non-hydrogen) atoms. The Balaban J connectivity index is 3.49. The molecule has 0 bridgehead atoms. The molecule has 64 valence electrons. The smallest absolute Gasteiger partial charge is 0.315 e. The first-order valence-electron chi connectivity index (χ1n) is 3.55. The number of carbonyl (C=O) groups excluding carboxylic acids is 2. The molecule has 4 nitrogen and oxygen atoms in total. The van der Waals surface area contributed by atoms with Crippen molar-refractivity contribution in [3.05, 3.63) is 0 Å². The van der Waals surface area contributed by atoms with Gasteiger partial charge in [0.15, 0.2) is 0 Å². The molecule has 0 rings (SSSR count). The highest BCUT2D eigenvalue weighted by Gasteiger charge is 2.07. The molecule has 0 aliphatic heterocycles. The molecule has 0 fully saturated rings. The molecule has 4 heteroatoms. The summed E-state index contributed by atoms with van der Waals surface area (Å²) in [5.74, 6) is -1.18. The molecule has 0 aromatic heterocycles. The molecule has 0 atom stereocenters.